The Morgan fingerprint density at radius 2 is 1.39 bits per heavy atom. The molecule has 1 aromatic heterocycles. The predicted octanol–water partition coefficient (Wildman–Crippen LogP) is -0.134. The summed E-state index contributed by atoms with van der Waals surface area (Å²) in [6.45, 7) is 6.95. The van der Waals surface area contributed by atoms with Crippen molar-refractivity contribution in [1.82, 2.24) is 52.1 Å². The molecule has 7 atom stereocenters. The number of phenolic OH excluding ortho intramolecular Hbond substituents is 1. The number of aromatic hydroxyl groups is 1. The quantitative estimate of drug-likeness (QED) is 0.0210. The van der Waals surface area contributed by atoms with Crippen LogP contribution in [0.5, 0.6) is 5.75 Å². The Morgan fingerprint density at radius 3 is 2.00 bits per heavy atom. The summed E-state index contributed by atoms with van der Waals surface area (Å²) in [7, 11) is 1.57. The number of aromatic amines is 1. The van der Waals surface area contributed by atoms with Gasteiger partial charge in [0.15, 0.2) is 5.96 Å². The molecule has 4 aromatic rings. The Bertz CT molecular complexity index is 2630. The maximum absolute atomic E-state index is 14.6. The lowest BCUT2D eigenvalue weighted by Crippen LogP contribution is -2.61. The van der Waals surface area contributed by atoms with Crippen LogP contribution in [0.25, 0.3) is 10.8 Å². The Balaban J connectivity index is 1.34. The highest BCUT2D eigenvalue weighted by Gasteiger charge is 2.41. The van der Waals surface area contributed by atoms with Gasteiger partial charge in [0.05, 0.1) is 12.9 Å². The zero-order chi connectivity index (χ0) is 54.8. The summed E-state index contributed by atoms with van der Waals surface area (Å²) in [4.78, 5) is 123. The fourth-order valence-corrected chi connectivity index (χ4v) is 8.83. The number of aliphatic imine (C=N–C) groups is 1. The molecule has 1 saturated heterocycles. The molecule has 0 bridgehead atoms. The number of carbonyl (C=O) groups excluding carboxylic acids is 7. The van der Waals surface area contributed by atoms with Crippen LogP contribution >= 0.6 is 0 Å². The van der Waals surface area contributed by atoms with Crippen molar-refractivity contribution < 1.29 is 48.6 Å². The van der Waals surface area contributed by atoms with Gasteiger partial charge in [0.2, 0.25) is 41.4 Å². The molecule has 0 saturated carbocycles. The molecule has 3 aromatic carbocycles. The van der Waals surface area contributed by atoms with Crippen molar-refractivity contribution >= 4 is 64.1 Å². The molecule has 0 spiro atoms. The van der Waals surface area contributed by atoms with Crippen LogP contribution in [0.15, 0.2) is 84.2 Å². The van der Waals surface area contributed by atoms with Crippen LogP contribution in [0, 0.1) is 11.8 Å². The molecule has 1 aliphatic heterocycles. The predicted molar refractivity (Wildman–Crippen MR) is 279 cm³/mol. The molecule has 7 amide bonds. The van der Waals surface area contributed by atoms with Crippen LogP contribution in [0.2, 0.25) is 0 Å². The van der Waals surface area contributed by atoms with Crippen molar-refractivity contribution in [2.24, 2.45) is 28.3 Å². The van der Waals surface area contributed by atoms with Crippen LogP contribution in [0.1, 0.15) is 70.2 Å². The summed E-state index contributed by atoms with van der Waals surface area (Å²) in [5, 5.41) is 41.1. The Morgan fingerprint density at radius 1 is 0.747 bits per heavy atom. The summed E-state index contributed by atoms with van der Waals surface area (Å²) in [6, 6.07) is 10.3. The van der Waals surface area contributed by atoms with Crippen molar-refractivity contribution in [1.29, 1.82) is 0 Å². The lowest BCUT2D eigenvalue weighted by atomic mass is 9.98. The first-order valence-electron chi connectivity index (χ1n) is 25.0. The highest BCUT2D eigenvalue weighted by Crippen LogP contribution is 2.23. The molecule has 0 unspecified atom stereocenters. The van der Waals surface area contributed by atoms with Crippen LogP contribution in [-0.4, -0.2) is 147 Å². The maximum Gasteiger partial charge on any atom is 0.326 e. The number of carboxylic acids is 1. The Hall–Kier alpha value is -8.08. The first kappa shape index (κ1) is 57.8. The number of fused-ring (bicyclic) bond motifs is 1. The molecule has 1 aliphatic rings. The van der Waals surface area contributed by atoms with E-state index in [2.05, 4.69) is 52.2 Å². The minimum absolute atomic E-state index is 0.0132. The number of guanidine groups is 1. The smallest absolute Gasteiger partial charge is 0.326 e. The van der Waals surface area contributed by atoms with Gasteiger partial charge in [-0.2, -0.15) is 0 Å². The summed E-state index contributed by atoms with van der Waals surface area (Å²) in [5.74, 6) is -7.28. The first-order valence-corrected chi connectivity index (χ1v) is 25.0. The molecular formula is C52H71N13O10. The fraction of sp³-hybridized carbons (Fsp3) is 0.462. The van der Waals surface area contributed by atoms with E-state index in [1.807, 2.05) is 36.4 Å². The standard InChI is InChI=1S/C52H71N13O10/c1-29(2)43(63-45(68)37(59-42(67)27-55-5)15-9-21-57-52(53)54)48(71)60-38(23-31-17-19-35(66)20-18-31)46(69)64-44(30(3)4)49(72)61-39(25-34-26-56-28-58-34)50(73)65-22-10-16-41(65)47(70)62-40(51(74)75)24-33-13-8-12-32-11-6-7-14-36(32)33/h6-8,11-14,17-20,26,28-30,37-41,43-44,55,66H,9-10,15-16,21-25,27H2,1-5H3,(H,56,58)(H,59,67)(H,60,71)(H,61,72)(H,62,70)(H,63,68)(H,64,69)(H,74,75)(H4,53,54,57)/t37-,38-,39-,40-,41-,43-,44-/m0/s1. The molecular weight excluding hydrogens is 967 g/mol. The van der Waals surface area contributed by atoms with E-state index >= 15 is 0 Å². The van der Waals surface area contributed by atoms with Crippen LogP contribution < -0.4 is 48.7 Å². The van der Waals surface area contributed by atoms with E-state index in [0.29, 0.717) is 24.1 Å². The molecule has 23 heteroatoms. The molecule has 0 radical (unpaired) electrons. The molecule has 23 nitrogen and oxygen atoms in total. The average molecular weight is 1040 g/mol. The second-order valence-corrected chi connectivity index (χ2v) is 19.3. The number of nitrogens with zero attached hydrogens (tertiary/aromatic N) is 3. The van der Waals surface area contributed by atoms with Crippen molar-refractivity contribution in [2.45, 2.75) is 115 Å². The molecule has 5 rings (SSSR count). The number of H-pyrrole nitrogens is 1. The van der Waals surface area contributed by atoms with Gasteiger partial charge in [0.1, 0.15) is 48.0 Å². The third-order valence-electron chi connectivity index (χ3n) is 12.8. The van der Waals surface area contributed by atoms with E-state index in [1.54, 1.807) is 52.9 Å². The second kappa shape index (κ2) is 27.8. The number of aromatic nitrogens is 2. The van der Waals surface area contributed by atoms with E-state index in [-0.39, 0.29) is 63.4 Å². The van der Waals surface area contributed by atoms with Gasteiger partial charge in [-0.3, -0.25) is 38.6 Å². The lowest BCUT2D eigenvalue weighted by molar-refractivity contribution is -0.145. The first-order chi connectivity index (χ1) is 35.8. The van der Waals surface area contributed by atoms with Crippen molar-refractivity contribution in [3.8, 4) is 5.75 Å². The number of carboxylic acid groups (broad SMARTS) is 1. The molecule has 1 fully saturated rings. The number of imidazole rings is 1. The number of aliphatic carboxylic acids is 1. The van der Waals surface area contributed by atoms with Gasteiger partial charge in [0.25, 0.3) is 0 Å². The van der Waals surface area contributed by atoms with Gasteiger partial charge < -0.3 is 68.8 Å². The molecule has 404 valence electrons. The maximum atomic E-state index is 14.6. The highest BCUT2D eigenvalue weighted by molar-refractivity contribution is 5.98. The largest absolute Gasteiger partial charge is 0.508 e. The number of hydrogen-bond acceptors (Lipinski definition) is 12. The minimum Gasteiger partial charge on any atom is -0.508 e. The van der Waals surface area contributed by atoms with Gasteiger partial charge in [-0.25, -0.2) is 9.78 Å². The number of likely N-dealkylation sites (N-methyl/N-ethyl adjacent to an activating group) is 1. The number of amides is 7. The summed E-state index contributed by atoms with van der Waals surface area (Å²) in [6.07, 6.45) is 3.74. The van der Waals surface area contributed by atoms with Crippen LogP contribution in [0.4, 0.5) is 0 Å². The van der Waals surface area contributed by atoms with Gasteiger partial charge >= 0.3 is 5.97 Å². The van der Waals surface area contributed by atoms with Crippen molar-refractivity contribution in [2.75, 3.05) is 26.7 Å². The SMILES string of the molecule is CNCC(=O)N[C@@H](CCCN=C(N)N)C(=O)N[C@H](C(=O)N[C@@H](Cc1ccc(O)cc1)C(=O)N[C@H](C(=O)N[C@@H](Cc1cnc[nH]1)C(=O)N1CCC[C@H]1C(=O)N[C@@H](Cc1cccc2ccccc12)C(=O)O)C(C)C)C(C)C. The van der Waals surface area contributed by atoms with Gasteiger partial charge in [-0.05, 0) is 78.6 Å². The third kappa shape index (κ3) is 17.0. The minimum atomic E-state index is -1.36. The number of nitrogens with two attached hydrogens (primary N) is 2. The third-order valence-corrected chi connectivity index (χ3v) is 12.8. The molecule has 75 heavy (non-hydrogen) atoms. The van der Waals surface area contributed by atoms with Gasteiger partial charge in [0, 0.05) is 44.2 Å². The Labute approximate surface area is 435 Å². The molecule has 14 N–H and O–H groups in total. The number of nitrogens with one attached hydrogen (secondary N) is 8. The van der Waals surface area contributed by atoms with Crippen molar-refractivity contribution in [3.05, 3.63) is 96.1 Å². The monoisotopic (exact) mass is 1040 g/mol. The number of rotatable bonds is 27. The molecule has 2 heterocycles. The fourth-order valence-electron chi connectivity index (χ4n) is 8.83. The number of carbonyl (C=O) groups is 8. The van der Waals surface area contributed by atoms with E-state index in [4.69, 9.17) is 11.5 Å². The number of hydrogen-bond donors (Lipinski definition) is 12. The van der Waals surface area contributed by atoms with Gasteiger partial charge in [-0.1, -0.05) is 82.3 Å². The summed E-state index contributed by atoms with van der Waals surface area (Å²) in [5.41, 5.74) is 12.6. The van der Waals surface area contributed by atoms with E-state index in [1.165, 1.54) is 29.6 Å². The van der Waals surface area contributed by atoms with E-state index < -0.39 is 101 Å². The number of benzene rings is 3. The van der Waals surface area contributed by atoms with Crippen LogP contribution in [-0.2, 0) is 57.6 Å². The zero-order valence-electron chi connectivity index (χ0n) is 42.9. The van der Waals surface area contributed by atoms with E-state index in [9.17, 15) is 48.6 Å². The normalized spacial score (nSPS) is 15.7. The average Bonchev–Trinajstić information content (AvgIpc) is 4.09. The lowest BCUT2D eigenvalue weighted by Gasteiger charge is -2.31. The van der Waals surface area contributed by atoms with Crippen LogP contribution in [0.3, 0.4) is 0 Å². The molecule has 0 aliphatic carbocycles. The van der Waals surface area contributed by atoms with Crippen molar-refractivity contribution in [3.63, 3.8) is 0 Å². The zero-order valence-corrected chi connectivity index (χ0v) is 42.9. The summed E-state index contributed by atoms with van der Waals surface area (Å²) >= 11 is 0. The second-order valence-electron chi connectivity index (χ2n) is 19.3. The number of likely N-dealkylation sites (tertiary alicyclic amines) is 1. The highest BCUT2D eigenvalue weighted by atomic mass is 16.4. The summed E-state index contributed by atoms with van der Waals surface area (Å²) < 4.78 is 0. The number of phenols is 1. The van der Waals surface area contributed by atoms with Gasteiger partial charge in [-0.15, -0.1) is 0 Å². The topological polar surface area (TPSA) is 358 Å². The van der Waals surface area contributed by atoms with E-state index in [0.717, 1.165) is 16.3 Å². The Kier molecular flexibility index (Phi) is 21.5.